The first kappa shape index (κ1) is 19.5. The minimum absolute atomic E-state index is 0.199. The van der Waals surface area contributed by atoms with E-state index in [-0.39, 0.29) is 5.91 Å². The van der Waals surface area contributed by atoms with E-state index in [9.17, 15) is 9.59 Å². The lowest BCUT2D eigenvalue weighted by Crippen LogP contribution is -2.23. The summed E-state index contributed by atoms with van der Waals surface area (Å²) in [7, 11) is 4.05. The van der Waals surface area contributed by atoms with E-state index in [0.717, 1.165) is 12.1 Å². The number of hydrogen-bond donors (Lipinski definition) is 2. The highest BCUT2D eigenvalue weighted by atomic mass is 16.5. The number of rotatable bonds is 7. The Morgan fingerprint density at radius 3 is 2.38 bits per heavy atom. The third kappa shape index (κ3) is 6.22. The smallest absolute Gasteiger partial charge is 0.411 e. The average Bonchev–Trinajstić information content (AvgIpc) is 2.61. The molecular weight excluding hydrogens is 330 g/mol. The van der Waals surface area contributed by atoms with Crippen molar-refractivity contribution >= 4 is 17.7 Å². The number of hydrogen-bond acceptors (Lipinski definition) is 4. The van der Waals surface area contributed by atoms with E-state index in [1.165, 1.54) is 5.56 Å². The summed E-state index contributed by atoms with van der Waals surface area (Å²) in [6, 6.07) is 14.9. The monoisotopic (exact) mass is 355 g/mol. The van der Waals surface area contributed by atoms with Crippen molar-refractivity contribution in [1.82, 2.24) is 10.2 Å². The molecule has 0 spiro atoms. The first-order chi connectivity index (χ1) is 12.5. The fraction of sp³-hybridized carbons (Fsp3) is 0.300. The SMILES string of the molecule is CCOC(=O)Nc1cccc(C(=O)NCc2ccc(CN(C)C)cc2)c1. The zero-order valence-electron chi connectivity index (χ0n) is 15.4. The summed E-state index contributed by atoms with van der Waals surface area (Å²) in [5.41, 5.74) is 3.25. The molecule has 0 bridgehead atoms. The normalized spacial score (nSPS) is 10.5. The standard InChI is InChI=1S/C20H25N3O3/c1-4-26-20(25)22-18-7-5-6-17(12-18)19(24)21-13-15-8-10-16(11-9-15)14-23(2)3/h5-12H,4,13-14H2,1-3H3,(H,21,24)(H,22,25). The zero-order chi connectivity index (χ0) is 18.9. The van der Waals surface area contributed by atoms with Crippen LogP contribution in [0.4, 0.5) is 10.5 Å². The predicted molar refractivity (Wildman–Crippen MR) is 102 cm³/mol. The first-order valence-electron chi connectivity index (χ1n) is 8.52. The molecule has 0 heterocycles. The molecule has 2 rings (SSSR count). The molecule has 0 aliphatic rings. The second-order valence-electron chi connectivity index (χ2n) is 6.16. The molecule has 2 N–H and O–H groups in total. The molecule has 6 nitrogen and oxygen atoms in total. The molecule has 0 aromatic heterocycles. The third-order valence-electron chi connectivity index (χ3n) is 3.62. The molecule has 0 radical (unpaired) electrons. The Kier molecular flexibility index (Phi) is 7.17. The van der Waals surface area contributed by atoms with Crippen molar-refractivity contribution < 1.29 is 14.3 Å². The van der Waals surface area contributed by atoms with Gasteiger partial charge in [-0.3, -0.25) is 10.1 Å². The van der Waals surface area contributed by atoms with E-state index in [0.29, 0.717) is 24.4 Å². The maximum Gasteiger partial charge on any atom is 0.411 e. The summed E-state index contributed by atoms with van der Waals surface area (Å²) in [5, 5.41) is 5.48. The van der Waals surface area contributed by atoms with Gasteiger partial charge < -0.3 is 15.0 Å². The largest absolute Gasteiger partial charge is 0.450 e. The van der Waals surface area contributed by atoms with Gasteiger partial charge in [-0.1, -0.05) is 30.3 Å². The van der Waals surface area contributed by atoms with Crippen LogP contribution in [0, 0.1) is 0 Å². The molecular formula is C20H25N3O3. The number of nitrogens with one attached hydrogen (secondary N) is 2. The number of carbonyl (C=O) groups is 2. The molecule has 0 fully saturated rings. The van der Waals surface area contributed by atoms with Crippen LogP contribution in [0.15, 0.2) is 48.5 Å². The van der Waals surface area contributed by atoms with Gasteiger partial charge in [0, 0.05) is 24.3 Å². The second kappa shape index (κ2) is 9.58. The molecule has 2 aromatic rings. The van der Waals surface area contributed by atoms with Crippen LogP contribution in [0.3, 0.4) is 0 Å². The highest BCUT2D eigenvalue weighted by molar-refractivity contribution is 5.96. The van der Waals surface area contributed by atoms with Gasteiger partial charge in [0.25, 0.3) is 5.91 Å². The van der Waals surface area contributed by atoms with Crippen LogP contribution in [0.25, 0.3) is 0 Å². The minimum Gasteiger partial charge on any atom is -0.450 e. The van der Waals surface area contributed by atoms with Crippen LogP contribution in [0.1, 0.15) is 28.4 Å². The number of carbonyl (C=O) groups excluding carboxylic acids is 2. The second-order valence-corrected chi connectivity index (χ2v) is 6.16. The topological polar surface area (TPSA) is 70.7 Å². The predicted octanol–water partition coefficient (Wildman–Crippen LogP) is 3.25. The zero-order valence-corrected chi connectivity index (χ0v) is 15.4. The van der Waals surface area contributed by atoms with Crippen molar-refractivity contribution in [2.24, 2.45) is 0 Å². The van der Waals surface area contributed by atoms with E-state index in [1.807, 2.05) is 26.2 Å². The maximum atomic E-state index is 12.3. The van der Waals surface area contributed by atoms with Gasteiger partial charge in [0.15, 0.2) is 0 Å². The van der Waals surface area contributed by atoms with Crippen molar-refractivity contribution in [2.45, 2.75) is 20.0 Å². The average molecular weight is 355 g/mol. The van der Waals surface area contributed by atoms with Gasteiger partial charge >= 0.3 is 6.09 Å². The Morgan fingerprint density at radius 2 is 1.73 bits per heavy atom. The molecule has 2 amide bonds. The van der Waals surface area contributed by atoms with E-state index in [1.54, 1.807) is 31.2 Å². The van der Waals surface area contributed by atoms with Crippen LogP contribution in [-0.2, 0) is 17.8 Å². The Labute approximate surface area is 154 Å². The Hall–Kier alpha value is -2.86. The quantitative estimate of drug-likeness (QED) is 0.800. The number of amides is 2. The van der Waals surface area contributed by atoms with Crippen molar-refractivity contribution in [3.63, 3.8) is 0 Å². The molecule has 2 aromatic carbocycles. The van der Waals surface area contributed by atoms with Crippen LogP contribution in [0.2, 0.25) is 0 Å². The van der Waals surface area contributed by atoms with Gasteiger partial charge in [0.2, 0.25) is 0 Å². The van der Waals surface area contributed by atoms with Crippen molar-refractivity contribution in [1.29, 1.82) is 0 Å². The maximum absolute atomic E-state index is 12.3. The molecule has 0 aliphatic heterocycles. The van der Waals surface area contributed by atoms with E-state index >= 15 is 0 Å². The molecule has 26 heavy (non-hydrogen) atoms. The van der Waals surface area contributed by atoms with E-state index < -0.39 is 6.09 Å². The number of ether oxygens (including phenoxy) is 1. The van der Waals surface area contributed by atoms with Gasteiger partial charge in [0.1, 0.15) is 0 Å². The van der Waals surface area contributed by atoms with Crippen molar-refractivity contribution in [3.05, 3.63) is 65.2 Å². The number of nitrogens with zero attached hydrogens (tertiary/aromatic N) is 1. The van der Waals surface area contributed by atoms with Crippen LogP contribution >= 0.6 is 0 Å². The Bertz CT molecular complexity index is 742. The van der Waals surface area contributed by atoms with Crippen LogP contribution in [0.5, 0.6) is 0 Å². The molecule has 6 heteroatoms. The van der Waals surface area contributed by atoms with Gasteiger partial charge in [-0.15, -0.1) is 0 Å². The summed E-state index contributed by atoms with van der Waals surface area (Å²) in [6.45, 7) is 3.35. The summed E-state index contributed by atoms with van der Waals surface area (Å²) in [5.74, 6) is -0.199. The number of benzene rings is 2. The molecule has 0 saturated carbocycles. The van der Waals surface area contributed by atoms with Crippen LogP contribution in [-0.4, -0.2) is 37.6 Å². The lowest BCUT2D eigenvalue weighted by molar-refractivity contribution is 0.0950. The fourth-order valence-corrected chi connectivity index (χ4v) is 2.44. The van der Waals surface area contributed by atoms with Gasteiger partial charge in [0.05, 0.1) is 6.61 Å². The van der Waals surface area contributed by atoms with Crippen molar-refractivity contribution in [3.8, 4) is 0 Å². The summed E-state index contributed by atoms with van der Waals surface area (Å²) in [6.07, 6.45) is -0.539. The summed E-state index contributed by atoms with van der Waals surface area (Å²) in [4.78, 5) is 25.9. The van der Waals surface area contributed by atoms with Gasteiger partial charge in [-0.2, -0.15) is 0 Å². The third-order valence-corrected chi connectivity index (χ3v) is 3.62. The molecule has 0 atom stereocenters. The van der Waals surface area contributed by atoms with E-state index in [4.69, 9.17) is 4.74 Å². The minimum atomic E-state index is -0.539. The molecule has 0 saturated heterocycles. The van der Waals surface area contributed by atoms with Crippen molar-refractivity contribution in [2.75, 3.05) is 26.0 Å². The number of anilines is 1. The van der Waals surface area contributed by atoms with Gasteiger partial charge in [-0.05, 0) is 50.3 Å². The summed E-state index contributed by atoms with van der Waals surface area (Å²) < 4.78 is 4.83. The lowest BCUT2D eigenvalue weighted by Gasteiger charge is -2.11. The molecule has 138 valence electrons. The molecule has 0 aliphatic carbocycles. The first-order valence-corrected chi connectivity index (χ1v) is 8.52. The fourth-order valence-electron chi connectivity index (χ4n) is 2.44. The van der Waals surface area contributed by atoms with E-state index in [2.05, 4.69) is 27.7 Å². The molecule has 0 unspecified atom stereocenters. The van der Waals surface area contributed by atoms with Crippen LogP contribution < -0.4 is 10.6 Å². The Morgan fingerprint density at radius 1 is 1.04 bits per heavy atom. The van der Waals surface area contributed by atoms with Gasteiger partial charge in [-0.25, -0.2) is 4.79 Å². The highest BCUT2D eigenvalue weighted by Gasteiger charge is 2.08. The highest BCUT2D eigenvalue weighted by Crippen LogP contribution is 2.12. The lowest BCUT2D eigenvalue weighted by atomic mass is 10.1. The Balaban J connectivity index is 1.92. The summed E-state index contributed by atoms with van der Waals surface area (Å²) >= 11 is 0.